The van der Waals surface area contributed by atoms with Crippen LogP contribution in [-0.2, 0) is 9.59 Å². The first-order chi connectivity index (χ1) is 6.29. The van der Waals surface area contributed by atoms with Crippen molar-refractivity contribution in [1.82, 2.24) is 0 Å². The average Bonchev–Trinajstić information content (AvgIpc) is 2.13. The summed E-state index contributed by atoms with van der Waals surface area (Å²) < 4.78 is 0. The van der Waals surface area contributed by atoms with Crippen molar-refractivity contribution < 1.29 is 9.59 Å². The summed E-state index contributed by atoms with van der Waals surface area (Å²) in [5.41, 5.74) is 0. The molecule has 0 fully saturated rings. The summed E-state index contributed by atoms with van der Waals surface area (Å²) in [5.74, 6) is 5.70. The second-order valence-corrected chi connectivity index (χ2v) is 3.32. The summed E-state index contributed by atoms with van der Waals surface area (Å²) in [6.07, 6.45) is 4.93. The molecule has 0 heterocycles. The molecule has 0 aromatic heterocycles. The molecule has 0 unspecified atom stereocenters. The van der Waals surface area contributed by atoms with Gasteiger partial charge in [-0.3, -0.25) is 9.59 Å². The fraction of sp³-hybridized carbons (Fsp3) is 0.636. The second kappa shape index (κ2) is 5.53. The lowest BCUT2D eigenvalue weighted by molar-refractivity contribution is -0.119. The monoisotopic (exact) mass is 178 g/mol. The Morgan fingerprint density at radius 3 is 2.54 bits per heavy atom. The first kappa shape index (κ1) is 9.98. The van der Waals surface area contributed by atoms with Gasteiger partial charge in [-0.25, -0.2) is 0 Å². The third-order valence-corrected chi connectivity index (χ3v) is 2.09. The second-order valence-electron chi connectivity index (χ2n) is 3.32. The van der Waals surface area contributed by atoms with E-state index in [0.29, 0.717) is 25.7 Å². The number of carbonyl (C=O) groups excluding carboxylic acids is 2. The van der Waals surface area contributed by atoms with E-state index in [1.54, 1.807) is 0 Å². The van der Waals surface area contributed by atoms with Gasteiger partial charge >= 0.3 is 0 Å². The van der Waals surface area contributed by atoms with Crippen molar-refractivity contribution in [3.05, 3.63) is 0 Å². The maximum absolute atomic E-state index is 11.2. The lowest BCUT2D eigenvalue weighted by Crippen LogP contribution is -1.99. The molecule has 0 aliphatic heterocycles. The summed E-state index contributed by atoms with van der Waals surface area (Å²) in [6, 6.07) is 0. The number of hydrogen-bond donors (Lipinski definition) is 0. The minimum atomic E-state index is -0.0188. The summed E-state index contributed by atoms with van der Waals surface area (Å²) >= 11 is 0. The highest BCUT2D eigenvalue weighted by molar-refractivity contribution is 5.95. The Labute approximate surface area is 78.7 Å². The van der Waals surface area contributed by atoms with E-state index in [-0.39, 0.29) is 11.6 Å². The first-order valence-corrected chi connectivity index (χ1v) is 4.82. The van der Waals surface area contributed by atoms with Crippen molar-refractivity contribution >= 4 is 11.6 Å². The van der Waals surface area contributed by atoms with Crippen LogP contribution in [0.15, 0.2) is 0 Å². The fourth-order valence-corrected chi connectivity index (χ4v) is 1.33. The molecule has 0 spiro atoms. The highest BCUT2D eigenvalue weighted by Gasteiger charge is 2.04. The number of ketones is 2. The first-order valence-electron chi connectivity index (χ1n) is 4.82. The number of hydrogen-bond acceptors (Lipinski definition) is 2. The molecule has 1 aliphatic rings. The van der Waals surface area contributed by atoms with E-state index < -0.39 is 0 Å². The van der Waals surface area contributed by atoms with Gasteiger partial charge in [0.1, 0.15) is 5.78 Å². The molecule has 1 aliphatic carbocycles. The SMILES string of the molecule is O=C1C#CCCCCC(=O)CCC1. The zero-order valence-electron chi connectivity index (χ0n) is 7.77. The third kappa shape index (κ3) is 4.47. The van der Waals surface area contributed by atoms with E-state index in [1.165, 1.54) is 0 Å². The Kier molecular flexibility index (Phi) is 4.25. The summed E-state index contributed by atoms with van der Waals surface area (Å²) in [4.78, 5) is 22.2. The van der Waals surface area contributed by atoms with Crippen LogP contribution in [0.1, 0.15) is 44.9 Å². The van der Waals surface area contributed by atoms with Gasteiger partial charge in [-0.05, 0) is 25.2 Å². The molecule has 13 heavy (non-hydrogen) atoms. The summed E-state index contributed by atoms with van der Waals surface area (Å²) in [6.45, 7) is 0. The van der Waals surface area contributed by atoms with Gasteiger partial charge in [0.05, 0.1) is 0 Å². The van der Waals surface area contributed by atoms with Crippen LogP contribution in [0.25, 0.3) is 0 Å². The van der Waals surface area contributed by atoms with E-state index in [4.69, 9.17) is 0 Å². The normalized spacial score (nSPS) is 20.0. The molecule has 0 aromatic carbocycles. The van der Waals surface area contributed by atoms with Crippen LogP contribution in [-0.4, -0.2) is 11.6 Å². The van der Waals surface area contributed by atoms with Crippen LogP contribution in [0.3, 0.4) is 0 Å². The number of carbonyl (C=O) groups is 2. The zero-order valence-corrected chi connectivity index (χ0v) is 7.77. The minimum Gasteiger partial charge on any atom is -0.300 e. The largest absolute Gasteiger partial charge is 0.300 e. The highest BCUT2D eigenvalue weighted by Crippen LogP contribution is 2.06. The molecular formula is C11H14O2. The molecule has 0 amide bonds. The third-order valence-electron chi connectivity index (χ3n) is 2.09. The Morgan fingerprint density at radius 2 is 1.69 bits per heavy atom. The zero-order chi connectivity index (χ0) is 9.52. The summed E-state index contributed by atoms with van der Waals surface area (Å²) in [5, 5.41) is 0. The lowest BCUT2D eigenvalue weighted by atomic mass is 10.1. The predicted molar refractivity (Wildman–Crippen MR) is 50.1 cm³/mol. The van der Waals surface area contributed by atoms with Gasteiger partial charge in [-0.1, -0.05) is 5.92 Å². The molecular weight excluding hydrogens is 164 g/mol. The van der Waals surface area contributed by atoms with E-state index in [2.05, 4.69) is 11.8 Å². The molecule has 1 rings (SSSR count). The smallest absolute Gasteiger partial charge is 0.205 e. The lowest BCUT2D eigenvalue weighted by Gasteiger charge is -1.97. The van der Waals surface area contributed by atoms with Crippen molar-refractivity contribution in [1.29, 1.82) is 0 Å². The average molecular weight is 178 g/mol. The molecule has 0 N–H and O–H groups in total. The maximum atomic E-state index is 11.2. The molecule has 2 nitrogen and oxygen atoms in total. The van der Waals surface area contributed by atoms with Crippen LogP contribution in [0, 0.1) is 11.8 Å². The predicted octanol–water partition coefficient (Wildman–Crippen LogP) is 1.87. The van der Waals surface area contributed by atoms with E-state index in [1.807, 2.05) is 0 Å². The summed E-state index contributed by atoms with van der Waals surface area (Å²) in [7, 11) is 0. The topological polar surface area (TPSA) is 34.1 Å². The Hall–Kier alpha value is -1.10. The fourth-order valence-electron chi connectivity index (χ4n) is 1.33. The molecule has 2 heteroatoms. The van der Waals surface area contributed by atoms with Crippen LogP contribution in [0.5, 0.6) is 0 Å². The molecule has 70 valence electrons. The molecule has 0 aromatic rings. The Morgan fingerprint density at radius 1 is 0.923 bits per heavy atom. The molecule has 0 radical (unpaired) electrons. The van der Waals surface area contributed by atoms with Crippen molar-refractivity contribution in [3.63, 3.8) is 0 Å². The van der Waals surface area contributed by atoms with Crippen molar-refractivity contribution in [2.45, 2.75) is 44.9 Å². The molecule has 0 bridgehead atoms. The Bertz CT molecular complexity index is 255. The van der Waals surface area contributed by atoms with Gasteiger partial charge in [0.2, 0.25) is 5.78 Å². The van der Waals surface area contributed by atoms with Gasteiger partial charge in [-0.2, -0.15) is 0 Å². The molecule has 0 saturated carbocycles. The van der Waals surface area contributed by atoms with Gasteiger partial charge in [0, 0.05) is 25.7 Å². The van der Waals surface area contributed by atoms with Crippen molar-refractivity contribution in [2.75, 3.05) is 0 Å². The van der Waals surface area contributed by atoms with Crippen LogP contribution in [0.4, 0.5) is 0 Å². The van der Waals surface area contributed by atoms with Gasteiger partial charge < -0.3 is 0 Å². The number of Topliss-reactive ketones (excluding diaryl/α,β-unsaturated/α-hetero) is 2. The van der Waals surface area contributed by atoms with E-state index >= 15 is 0 Å². The molecule has 0 atom stereocenters. The highest BCUT2D eigenvalue weighted by atomic mass is 16.1. The van der Waals surface area contributed by atoms with Crippen LogP contribution >= 0.6 is 0 Å². The van der Waals surface area contributed by atoms with Gasteiger partial charge in [0.15, 0.2) is 0 Å². The Balaban J connectivity index is 2.44. The van der Waals surface area contributed by atoms with Crippen molar-refractivity contribution in [2.24, 2.45) is 0 Å². The maximum Gasteiger partial charge on any atom is 0.205 e. The molecule has 0 saturated heterocycles. The van der Waals surface area contributed by atoms with Gasteiger partial charge in [0.25, 0.3) is 0 Å². The number of rotatable bonds is 0. The van der Waals surface area contributed by atoms with E-state index in [9.17, 15) is 9.59 Å². The van der Waals surface area contributed by atoms with E-state index in [0.717, 1.165) is 19.3 Å². The van der Waals surface area contributed by atoms with Crippen LogP contribution in [0.2, 0.25) is 0 Å². The van der Waals surface area contributed by atoms with Gasteiger partial charge in [-0.15, -0.1) is 0 Å². The van der Waals surface area contributed by atoms with Crippen LogP contribution < -0.4 is 0 Å². The standard InChI is InChI=1S/C11H14O2/c12-10-6-3-1-2-4-7-11(13)9-5-8-10/h1-3,5-6,8-9H2. The quantitative estimate of drug-likeness (QED) is 0.419. The van der Waals surface area contributed by atoms with Crippen molar-refractivity contribution in [3.8, 4) is 11.8 Å². The minimum absolute atomic E-state index is 0.0188.